The van der Waals surface area contributed by atoms with Crippen LogP contribution in [0.15, 0.2) is 18.2 Å². The van der Waals surface area contributed by atoms with Gasteiger partial charge in [-0.05, 0) is 18.9 Å². The molecule has 114 valence electrons. The van der Waals surface area contributed by atoms with Gasteiger partial charge in [-0.3, -0.25) is 4.90 Å². The van der Waals surface area contributed by atoms with Crippen molar-refractivity contribution >= 4 is 0 Å². The number of aliphatic hydroxyl groups is 1. The first-order valence-electron chi connectivity index (χ1n) is 6.97. The Balaban J connectivity index is 1.91. The molecule has 0 amide bonds. The van der Waals surface area contributed by atoms with Gasteiger partial charge < -0.3 is 9.84 Å². The smallest absolute Gasteiger partial charge is 0.130 e. The van der Waals surface area contributed by atoms with E-state index in [0.29, 0.717) is 24.7 Å². The lowest BCUT2D eigenvalue weighted by Gasteiger charge is -2.25. The third-order valence-corrected chi connectivity index (χ3v) is 3.39. The molecular weight excluding hydrogens is 276 g/mol. The second kappa shape index (κ2) is 7.51. The maximum absolute atomic E-state index is 13.7. The van der Waals surface area contributed by atoms with Crippen molar-refractivity contribution in [3.63, 3.8) is 0 Å². The van der Waals surface area contributed by atoms with Crippen LogP contribution < -0.4 is 0 Å². The van der Waals surface area contributed by atoms with Crippen LogP contribution in [0, 0.1) is 24.0 Å². The normalized spacial score (nSPS) is 16.0. The van der Waals surface area contributed by atoms with E-state index >= 15 is 0 Å². The van der Waals surface area contributed by atoms with E-state index in [1.165, 1.54) is 12.1 Å². The Bertz CT molecular complexity index is 511. The number of terminal acetylenes is 1. The predicted molar refractivity (Wildman–Crippen MR) is 75.4 cm³/mol. The van der Waals surface area contributed by atoms with Gasteiger partial charge in [-0.25, -0.2) is 8.78 Å². The van der Waals surface area contributed by atoms with E-state index in [1.807, 2.05) is 4.90 Å². The molecule has 1 saturated carbocycles. The van der Waals surface area contributed by atoms with Crippen molar-refractivity contribution in [1.82, 2.24) is 4.90 Å². The largest absolute Gasteiger partial charge is 0.389 e. The molecule has 0 saturated heterocycles. The average molecular weight is 295 g/mol. The summed E-state index contributed by atoms with van der Waals surface area (Å²) in [5.41, 5.74) is 0.431. The molecule has 1 aliphatic carbocycles. The highest BCUT2D eigenvalue weighted by Crippen LogP contribution is 2.29. The molecule has 1 N–H and O–H groups in total. The Morgan fingerprint density at radius 1 is 1.43 bits per heavy atom. The topological polar surface area (TPSA) is 32.7 Å². The number of benzene rings is 1. The minimum atomic E-state index is -0.678. The molecule has 5 heteroatoms. The zero-order valence-corrected chi connectivity index (χ0v) is 11.8. The van der Waals surface area contributed by atoms with Gasteiger partial charge in [0.25, 0.3) is 0 Å². The highest BCUT2D eigenvalue weighted by atomic mass is 19.1. The molecular formula is C16H19F2NO2. The average Bonchev–Trinajstić information content (AvgIpc) is 3.25. The van der Waals surface area contributed by atoms with Crippen LogP contribution >= 0.6 is 0 Å². The lowest BCUT2D eigenvalue weighted by atomic mass is 10.2. The SMILES string of the molecule is C#CCOCC(O)CN(Cc1ccc(F)cc1F)C1CC1. The summed E-state index contributed by atoms with van der Waals surface area (Å²) in [4.78, 5) is 2.00. The molecule has 1 aromatic rings. The van der Waals surface area contributed by atoms with Gasteiger partial charge in [0.1, 0.15) is 18.2 Å². The minimum Gasteiger partial charge on any atom is -0.389 e. The third-order valence-electron chi connectivity index (χ3n) is 3.39. The highest BCUT2D eigenvalue weighted by Gasteiger charge is 2.30. The van der Waals surface area contributed by atoms with Crippen molar-refractivity contribution < 1.29 is 18.6 Å². The van der Waals surface area contributed by atoms with Gasteiger partial charge in [0.05, 0.1) is 12.7 Å². The summed E-state index contributed by atoms with van der Waals surface area (Å²) in [6.45, 7) is 1.04. The van der Waals surface area contributed by atoms with Gasteiger partial charge in [0.15, 0.2) is 0 Å². The van der Waals surface area contributed by atoms with Crippen LogP contribution in [-0.4, -0.2) is 41.9 Å². The molecule has 1 fully saturated rings. The molecule has 0 heterocycles. The van der Waals surface area contributed by atoms with Crippen molar-refractivity contribution in [2.75, 3.05) is 19.8 Å². The Morgan fingerprint density at radius 3 is 2.81 bits per heavy atom. The van der Waals surface area contributed by atoms with Crippen molar-refractivity contribution in [2.24, 2.45) is 0 Å². The maximum atomic E-state index is 13.7. The second-order valence-corrected chi connectivity index (χ2v) is 5.27. The predicted octanol–water partition coefficient (Wildman–Crippen LogP) is 1.94. The summed E-state index contributed by atoms with van der Waals surface area (Å²) in [7, 11) is 0. The number of nitrogens with zero attached hydrogens (tertiary/aromatic N) is 1. The Hall–Kier alpha value is -1.48. The zero-order valence-electron chi connectivity index (χ0n) is 11.8. The van der Waals surface area contributed by atoms with E-state index in [1.54, 1.807) is 0 Å². The lowest BCUT2D eigenvalue weighted by Crippen LogP contribution is -2.36. The standard InChI is InChI=1S/C16H19F2NO2/c1-2-7-21-11-15(20)10-19(14-5-6-14)9-12-3-4-13(17)8-16(12)18/h1,3-4,8,14-15,20H,5-7,9-11H2. The van der Waals surface area contributed by atoms with Gasteiger partial charge in [-0.2, -0.15) is 0 Å². The van der Waals surface area contributed by atoms with Crippen LogP contribution in [0.2, 0.25) is 0 Å². The molecule has 2 rings (SSSR count). The second-order valence-electron chi connectivity index (χ2n) is 5.27. The van der Waals surface area contributed by atoms with E-state index in [9.17, 15) is 13.9 Å². The van der Waals surface area contributed by atoms with Crippen molar-refractivity contribution in [2.45, 2.75) is 31.5 Å². The Morgan fingerprint density at radius 2 is 2.19 bits per heavy atom. The Kier molecular flexibility index (Phi) is 5.68. The van der Waals surface area contributed by atoms with Gasteiger partial charge in [0, 0.05) is 30.8 Å². The monoisotopic (exact) mass is 295 g/mol. The molecule has 3 nitrogen and oxygen atoms in total. The van der Waals surface area contributed by atoms with E-state index in [0.717, 1.165) is 18.9 Å². The van der Waals surface area contributed by atoms with E-state index < -0.39 is 17.7 Å². The molecule has 1 atom stereocenters. The number of hydrogen-bond acceptors (Lipinski definition) is 3. The van der Waals surface area contributed by atoms with Crippen LogP contribution in [0.5, 0.6) is 0 Å². The number of rotatable bonds is 8. The van der Waals surface area contributed by atoms with E-state index in [4.69, 9.17) is 11.2 Å². The summed E-state index contributed by atoms with van der Waals surface area (Å²) in [6, 6.07) is 3.92. The number of ether oxygens (including phenoxy) is 1. The van der Waals surface area contributed by atoms with Crippen LogP contribution in [-0.2, 0) is 11.3 Å². The first-order valence-corrected chi connectivity index (χ1v) is 6.97. The first kappa shape index (κ1) is 15.9. The van der Waals surface area contributed by atoms with E-state index in [-0.39, 0.29) is 13.2 Å². The highest BCUT2D eigenvalue weighted by molar-refractivity contribution is 5.18. The van der Waals surface area contributed by atoms with Crippen LogP contribution in [0.25, 0.3) is 0 Å². The first-order chi connectivity index (χ1) is 10.1. The third kappa shape index (κ3) is 5.09. The summed E-state index contributed by atoms with van der Waals surface area (Å²) < 4.78 is 31.7. The summed E-state index contributed by atoms with van der Waals surface area (Å²) in [5.74, 6) is 1.19. The van der Waals surface area contributed by atoms with Gasteiger partial charge >= 0.3 is 0 Å². The van der Waals surface area contributed by atoms with Crippen molar-refractivity contribution in [1.29, 1.82) is 0 Å². The summed E-state index contributed by atoms with van der Waals surface area (Å²) in [5, 5.41) is 9.93. The van der Waals surface area contributed by atoms with Crippen LogP contribution in [0.1, 0.15) is 18.4 Å². The summed E-state index contributed by atoms with van der Waals surface area (Å²) >= 11 is 0. The molecule has 1 aliphatic rings. The molecule has 21 heavy (non-hydrogen) atoms. The molecule has 0 radical (unpaired) electrons. The molecule has 0 aromatic heterocycles. The zero-order chi connectivity index (χ0) is 15.2. The van der Waals surface area contributed by atoms with Crippen LogP contribution in [0.4, 0.5) is 8.78 Å². The van der Waals surface area contributed by atoms with Gasteiger partial charge in [-0.15, -0.1) is 6.42 Å². The minimum absolute atomic E-state index is 0.152. The van der Waals surface area contributed by atoms with Crippen LogP contribution in [0.3, 0.4) is 0 Å². The van der Waals surface area contributed by atoms with E-state index in [2.05, 4.69) is 5.92 Å². The quantitative estimate of drug-likeness (QED) is 0.588. The fourth-order valence-corrected chi connectivity index (χ4v) is 2.23. The fraction of sp³-hybridized carbons (Fsp3) is 0.500. The number of halogens is 2. The summed E-state index contributed by atoms with van der Waals surface area (Å²) in [6.07, 6.45) is 6.44. The van der Waals surface area contributed by atoms with Gasteiger partial charge in [-0.1, -0.05) is 12.0 Å². The Labute approximate surface area is 123 Å². The molecule has 0 aliphatic heterocycles. The number of aliphatic hydroxyl groups excluding tert-OH is 1. The fourth-order valence-electron chi connectivity index (χ4n) is 2.23. The molecule has 0 bridgehead atoms. The van der Waals surface area contributed by atoms with Gasteiger partial charge in [0.2, 0.25) is 0 Å². The molecule has 0 spiro atoms. The lowest BCUT2D eigenvalue weighted by molar-refractivity contribution is 0.0240. The molecule has 1 aromatic carbocycles. The van der Waals surface area contributed by atoms with Crippen molar-refractivity contribution in [3.05, 3.63) is 35.4 Å². The maximum Gasteiger partial charge on any atom is 0.130 e. The van der Waals surface area contributed by atoms with Crippen molar-refractivity contribution in [3.8, 4) is 12.3 Å². The number of hydrogen-bond donors (Lipinski definition) is 1. The molecule has 1 unspecified atom stereocenters.